The summed E-state index contributed by atoms with van der Waals surface area (Å²) in [5, 5.41) is 16.0. The third-order valence-electron chi connectivity index (χ3n) is 3.11. The van der Waals surface area contributed by atoms with Gasteiger partial charge in [-0.3, -0.25) is 0 Å². The number of hydrogen-bond donors (Lipinski definition) is 3. The number of carbonyl (C=O) groups excluding carboxylic acids is 1. The Kier molecular flexibility index (Phi) is 5.80. The van der Waals surface area contributed by atoms with Gasteiger partial charge in [0.1, 0.15) is 0 Å². The fourth-order valence-corrected chi connectivity index (χ4v) is 2.25. The molecule has 2 amide bonds. The highest BCUT2D eigenvalue weighted by Gasteiger charge is 2.11. The summed E-state index contributed by atoms with van der Waals surface area (Å²) in [7, 11) is 0. The first-order valence-electron chi connectivity index (χ1n) is 6.98. The van der Waals surface area contributed by atoms with E-state index in [-0.39, 0.29) is 18.6 Å². The van der Waals surface area contributed by atoms with Crippen molar-refractivity contribution in [3.05, 3.63) is 53.6 Å². The summed E-state index contributed by atoms with van der Waals surface area (Å²) in [5.74, 6) is 0. The summed E-state index contributed by atoms with van der Waals surface area (Å²) in [5.41, 5.74) is 0.666. The molecular weight excluding hydrogens is 304 g/mol. The molecule has 0 saturated heterocycles. The Balaban J connectivity index is 1.75. The lowest BCUT2D eigenvalue weighted by atomic mass is 10.1. The van der Waals surface area contributed by atoms with Crippen LogP contribution in [0.3, 0.4) is 0 Å². The molecule has 2 aromatic rings. The summed E-state index contributed by atoms with van der Waals surface area (Å²) in [6.07, 6.45) is 4.42. The molecule has 0 spiro atoms. The van der Waals surface area contributed by atoms with Gasteiger partial charge in [-0.1, -0.05) is 23.7 Å². The Morgan fingerprint density at radius 1 is 1.50 bits per heavy atom. The van der Waals surface area contributed by atoms with Crippen LogP contribution in [0.4, 0.5) is 4.79 Å². The molecule has 7 heteroatoms. The van der Waals surface area contributed by atoms with Crippen molar-refractivity contribution in [1.29, 1.82) is 0 Å². The van der Waals surface area contributed by atoms with Crippen LogP contribution >= 0.6 is 11.6 Å². The predicted octanol–water partition coefficient (Wildman–Crippen LogP) is 1.96. The predicted molar refractivity (Wildman–Crippen MR) is 84.6 cm³/mol. The maximum absolute atomic E-state index is 11.8. The average molecular weight is 323 g/mol. The summed E-state index contributed by atoms with van der Waals surface area (Å²) in [6, 6.07) is 6.54. The highest BCUT2D eigenvalue weighted by atomic mass is 35.5. The average Bonchev–Trinajstić information content (AvgIpc) is 2.97. The number of hydrogen-bond acceptors (Lipinski definition) is 3. The summed E-state index contributed by atoms with van der Waals surface area (Å²) in [6.45, 7) is 2.64. The zero-order valence-corrected chi connectivity index (χ0v) is 13.0. The standard InChI is InChI=1S/C15H19ClN4O2/c1-11(9-20-6-5-17-10-20)19-15(22)18-8-14(21)12-3-2-4-13(16)7-12/h2-7,10-11,14,21H,8-9H2,1H3,(H2,18,19,22)/t11-,14-/m1/s1. The highest BCUT2D eigenvalue weighted by Crippen LogP contribution is 2.16. The lowest BCUT2D eigenvalue weighted by Gasteiger charge is -2.17. The van der Waals surface area contributed by atoms with E-state index in [9.17, 15) is 9.90 Å². The molecule has 118 valence electrons. The fourth-order valence-electron chi connectivity index (χ4n) is 2.05. The molecule has 1 aromatic heterocycles. The lowest BCUT2D eigenvalue weighted by molar-refractivity contribution is 0.172. The minimum Gasteiger partial charge on any atom is -0.387 e. The number of nitrogens with one attached hydrogen (secondary N) is 2. The molecule has 1 aromatic carbocycles. The van der Waals surface area contributed by atoms with Gasteiger partial charge >= 0.3 is 6.03 Å². The van der Waals surface area contributed by atoms with E-state index in [2.05, 4.69) is 15.6 Å². The van der Waals surface area contributed by atoms with Gasteiger partial charge in [0.15, 0.2) is 0 Å². The molecule has 0 fully saturated rings. The number of benzene rings is 1. The second-order valence-electron chi connectivity index (χ2n) is 5.09. The van der Waals surface area contributed by atoms with Crippen molar-refractivity contribution in [2.75, 3.05) is 6.54 Å². The molecule has 2 rings (SSSR count). The van der Waals surface area contributed by atoms with Crippen molar-refractivity contribution in [3.63, 3.8) is 0 Å². The molecule has 2 atom stereocenters. The normalized spacial score (nSPS) is 13.4. The van der Waals surface area contributed by atoms with Crippen LogP contribution in [-0.2, 0) is 6.54 Å². The van der Waals surface area contributed by atoms with Crippen LogP contribution in [0.5, 0.6) is 0 Å². The van der Waals surface area contributed by atoms with Gasteiger partial charge in [-0.05, 0) is 24.6 Å². The zero-order chi connectivity index (χ0) is 15.9. The number of nitrogens with zero attached hydrogens (tertiary/aromatic N) is 2. The van der Waals surface area contributed by atoms with E-state index in [1.807, 2.05) is 17.7 Å². The molecule has 6 nitrogen and oxygen atoms in total. The highest BCUT2D eigenvalue weighted by molar-refractivity contribution is 6.30. The van der Waals surface area contributed by atoms with Crippen molar-refractivity contribution in [2.45, 2.75) is 25.6 Å². The first kappa shape index (κ1) is 16.3. The van der Waals surface area contributed by atoms with Crippen LogP contribution in [0.15, 0.2) is 43.0 Å². The van der Waals surface area contributed by atoms with Crippen molar-refractivity contribution < 1.29 is 9.90 Å². The Labute approximate surface area is 134 Å². The van der Waals surface area contributed by atoms with Gasteiger partial charge in [0.05, 0.1) is 12.4 Å². The van der Waals surface area contributed by atoms with E-state index in [1.54, 1.807) is 36.8 Å². The van der Waals surface area contributed by atoms with Crippen LogP contribution < -0.4 is 10.6 Å². The van der Waals surface area contributed by atoms with E-state index in [4.69, 9.17) is 11.6 Å². The van der Waals surface area contributed by atoms with Gasteiger partial charge in [-0.25, -0.2) is 9.78 Å². The summed E-state index contributed by atoms with van der Waals surface area (Å²) >= 11 is 5.87. The minimum absolute atomic E-state index is 0.0579. The lowest BCUT2D eigenvalue weighted by Crippen LogP contribution is -2.43. The quantitative estimate of drug-likeness (QED) is 0.760. The number of rotatable bonds is 6. The van der Waals surface area contributed by atoms with Gasteiger partial charge in [-0.2, -0.15) is 0 Å². The Morgan fingerprint density at radius 2 is 2.32 bits per heavy atom. The van der Waals surface area contributed by atoms with Crippen LogP contribution in [-0.4, -0.2) is 33.3 Å². The van der Waals surface area contributed by atoms with Gasteiger partial charge in [0, 0.05) is 36.5 Å². The maximum atomic E-state index is 11.8. The number of aliphatic hydroxyl groups is 1. The molecule has 0 aliphatic carbocycles. The van der Waals surface area contributed by atoms with Crippen molar-refractivity contribution in [1.82, 2.24) is 20.2 Å². The second-order valence-corrected chi connectivity index (χ2v) is 5.52. The molecule has 0 aliphatic rings. The largest absolute Gasteiger partial charge is 0.387 e. The van der Waals surface area contributed by atoms with Crippen LogP contribution in [0.2, 0.25) is 5.02 Å². The Morgan fingerprint density at radius 3 is 3.00 bits per heavy atom. The molecule has 0 bridgehead atoms. The molecule has 22 heavy (non-hydrogen) atoms. The number of urea groups is 1. The molecule has 0 saturated carbocycles. The second kappa shape index (κ2) is 7.82. The molecule has 3 N–H and O–H groups in total. The topological polar surface area (TPSA) is 79.2 Å². The molecular formula is C15H19ClN4O2. The van der Waals surface area contributed by atoms with E-state index >= 15 is 0 Å². The van der Waals surface area contributed by atoms with Gasteiger partial charge in [-0.15, -0.1) is 0 Å². The van der Waals surface area contributed by atoms with Crippen LogP contribution in [0.1, 0.15) is 18.6 Å². The van der Waals surface area contributed by atoms with Gasteiger partial charge in [0.2, 0.25) is 0 Å². The molecule has 1 heterocycles. The fraction of sp³-hybridized carbons (Fsp3) is 0.333. The Bertz CT molecular complexity index is 603. The number of halogens is 1. The SMILES string of the molecule is C[C@H](Cn1ccnc1)NC(=O)NC[C@@H](O)c1cccc(Cl)c1. The Hall–Kier alpha value is -2.05. The van der Waals surface area contributed by atoms with E-state index in [0.29, 0.717) is 17.1 Å². The van der Waals surface area contributed by atoms with Crippen molar-refractivity contribution in [3.8, 4) is 0 Å². The van der Waals surface area contributed by atoms with Crippen molar-refractivity contribution >= 4 is 17.6 Å². The summed E-state index contributed by atoms with van der Waals surface area (Å²) in [4.78, 5) is 15.7. The minimum atomic E-state index is -0.798. The van der Waals surface area contributed by atoms with E-state index in [1.165, 1.54) is 0 Å². The number of aromatic nitrogens is 2. The first-order chi connectivity index (χ1) is 10.5. The van der Waals surface area contributed by atoms with E-state index < -0.39 is 6.10 Å². The first-order valence-corrected chi connectivity index (χ1v) is 7.36. The van der Waals surface area contributed by atoms with Crippen LogP contribution in [0, 0.1) is 0 Å². The van der Waals surface area contributed by atoms with E-state index in [0.717, 1.165) is 0 Å². The van der Waals surface area contributed by atoms with Crippen molar-refractivity contribution in [2.24, 2.45) is 0 Å². The summed E-state index contributed by atoms with van der Waals surface area (Å²) < 4.78 is 1.88. The van der Waals surface area contributed by atoms with Gasteiger partial charge in [0.25, 0.3) is 0 Å². The maximum Gasteiger partial charge on any atom is 0.315 e. The van der Waals surface area contributed by atoms with Crippen LogP contribution in [0.25, 0.3) is 0 Å². The number of amides is 2. The third kappa shape index (κ3) is 5.05. The molecule has 0 radical (unpaired) electrons. The smallest absolute Gasteiger partial charge is 0.315 e. The third-order valence-corrected chi connectivity index (χ3v) is 3.35. The molecule has 0 aliphatic heterocycles. The number of carbonyl (C=O) groups is 1. The molecule has 0 unspecified atom stereocenters. The number of imidazole rings is 1. The monoisotopic (exact) mass is 322 g/mol. The number of aliphatic hydroxyl groups excluding tert-OH is 1. The zero-order valence-electron chi connectivity index (χ0n) is 12.2. The van der Waals surface area contributed by atoms with Gasteiger partial charge < -0.3 is 20.3 Å².